The Kier molecular flexibility index (Phi) is 7.29. The van der Waals surface area contributed by atoms with Crippen LogP contribution in [0.4, 0.5) is 0 Å². The first-order valence-corrected chi connectivity index (χ1v) is 10.7. The molecule has 0 radical (unpaired) electrons. The topological polar surface area (TPSA) is 75.4 Å². The third kappa shape index (κ3) is 5.11. The Hall–Kier alpha value is -1.86. The standard InChI is InChI=1S/C20H27N3O3S/c24-14-8-13-23-19(26)16-9-4-5-10-17(16)21-20(23)27-15-18(25)22-11-6-2-1-3-7-12-22/h4-5,9-10,24H,1-3,6-8,11-15H2. The van der Waals surface area contributed by atoms with Crippen LogP contribution in [-0.2, 0) is 11.3 Å². The largest absolute Gasteiger partial charge is 0.396 e. The molecular weight excluding hydrogens is 362 g/mol. The Morgan fingerprint density at radius 2 is 1.81 bits per heavy atom. The van der Waals surface area contributed by atoms with Gasteiger partial charge in [0, 0.05) is 26.2 Å². The van der Waals surface area contributed by atoms with Gasteiger partial charge in [-0.15, -0.1) is 0 Å². The minimum atomic E-state index is -0.116. The summed E-state index contributed by atoms with van der Waals surface area (Å²) in [5.41, 5.74) is 0.527. The van der Waals surface area contributed by atoms with Crippen molar-refractivity contribution in [3.05, 3.63) is 34.6 Å². The predicted octanol–water partition coefficient (Wildman–Crippen LogP) is 2.66. The van der Waals surface area contributed by atoms with Crippen molar-refractivity contribution >= 4 is 28.6 Å². The lowest BCUT2D eigenvalue weighted by Gasteiger charge is -2.24. The molecule has 3 rings (SSSR count). The molecule has 2 aromatic rings. The summed E-state index contributed by atoms with van der Waals surface area (Å²) in [5.74, 6) is 0.391. The SMILES string of the molecule is O=C(CSc1nc2ccccc2c(=O)n1CCCO)N1CCCCCCC1. The number of carbonyl (C=O) groups is 1. The van der Waals surface area contributed by atoms with Gasteiger partial charge in [-0.1, -0.05) is 43.2 Å². The lowest BCUT2D eigenvalue weighted by molar-refractivity contribution is -0.128. The van der Waals surface area contributed by atoms with E-state index in [0.29, 0.717) is 29.0 Å². The zero-order valence-corrected chi connectivity index (χ0v) is 16.4. The molecule has 2 heterocycles. The summed E-state index contributed by atoms with van der Waals surface area (Å²) in [6.45, 7) is 2.05. The van der Waals surface area contributed by atoms with Gasteiger partial charge < -0.3 is 10.0 Å². The molecule has 0 spiro atoms. The highest BCUT2D eigenvalue weighted by Crippen LogP contribution is 2.19. The zero-order valence-electron chi connectivity index (χ0n) is 15.6. The number of fused-ring (bicyclic) bond motifs is 1. The average Bonchev–Trinajstić information content (AvgIpc) is 2.65. The van der Waals surface area contributed by atoms with Crippen molar-refractivity contribution in [3.63, 3.8) is 0 Å². The number of amides is 1. The highest BCUT2D eigenvalue weighted by Gasteiger charge is 2.17. The van der Waals surface area contributed by atoms with Crippen LogP contribution in [0.1, 0.15) is 38.5 Å². The molecule has 0 unspecified atom stereocenters. The van der Waals surface area contributed by atoms with Crippen molar-refractivity contribution in [3.8, 4) is 0 Å². The second-order valence-electron chi connectivity index (χ2n) is 6.88. The molecule has 1 saturated heterocycles. The van der Waals surface area contributed by atoms with E-state index in [9.17, 15) is 9.59 Å². The number of aromatic nitrogens is 2. The zero-order chi connectivity index (χ0) is 19.1. The van der Waals surface area contributed by atoms with E-state index in [0.717, 1.165) is 25.9 Å². The highest BCUT2D eigenvalue weighted by atomic mass is 32.2. The van der Waals surface area contributed by atoms with Crippen LogP contribution in [0.2, 0.25) is 0 Å². The van der Waals surface area contributed by atoms with E-state index in [-0.39, 0.29) is 23.8 Å². The molecule has 7 heteroatoms. The number of aliphatic hydroxyl groups excluding tert-OH is 1. The predicted molar refractivity (Wildman–Crippen MR) is 108 cm³/mol. The number of hydrogen-bond donors (Lipinski definition) is 1. The Labute approximate surface area is 163 Å². The smallest absolute Gasteiger partial charge is 0.262 e. The highest BCUT2D eigenvalue weighted by molar-refractivity contribution is 7.99. The van der Waals surface area contributed by atoms with Gasteiger partial charge in [0.25, 0.3) is 5.56 Å². The van der Waals surface area contributed by atoms with E-state index in [1.54, 1.807) is 10.6 Å². The van der Waals surface area contributed by atoms with Gasteiger partial charge in [0.05, 0.1) is 16.7 Å². The molecular formula is C20H27N3O3S. The van der Waals surface area contributed by atoms with E-state index in [2.05, 4.69) is 4.98 Å². The Balaban J connectivity index is 1.78. The fraction of sp³-hybridized carbons (Fsp3) is 0.550. The minimum Gasteiger partial charge on any atom is -0.396 e. The molecule has 1 aliphatic rings. The summed E-state index contributed by atoms with van der Waals surface area (Å²) in [5, 5.41) is 10.3. The van der Waals surface area contributed by atoms with Crippen LogP contribution in [-0.4, -0.2) is 50.9 Å². The van der Waals surface area contributed by atoms with Gasteiger partial charge in [-0.3, -0.25) is 14.2 Å². The van der Waals surface area contributed by atoms with E-state index < -0.39 is 0 Å². The number of nitrogens with zero attached hydrogens (tertiary/aromatic N) is 3. The summed E-state index contributed by atoms with van der Waals surface area (Å²) in [6.07, 6.45) is 6.23. The molecule has 1 amide bonds. The fourth-order valence-electron chi connectivity index (χ4n) is 3.40. The third-order valence-electron chi connectivity index (χ3n) is 4.90. The summed E-state index contributed by atoms with van der Waals surface area (Å²) in [7, 11) is 0. The van der Waals surface area contributed by atoms with Gasteiger partial charge >= 0.3 is 0 Å². The van der Waals surface area contributed by atoms with Crippen molar-refractivity contribution in [1.29, 1.82) is 0 Å². The molecule has 1 aliphatic heterocycles. The number of likely N-dealkylation sites (tertiary alicyclic amines) is 1. The van der Waals surface area contributed by atoms with Crippen molar-refractivity contribution in [2.24, 2.45) is 0 Å². The van der Waals surface area contributed by atoms with Crippen molar-refractivity contribution in [2.45, 2.75) is 50.2 Å². The van der Waals surface area contributed by atoms with Crippen LogP contribution >= 0.6 is 11.8 Å². The van der Waals surface area contributed by atoms with Crippen LogP contribution < -0.4 is 5.56 Å². The quantitative estimate of drug-likeness (QED) is 0.607. The Bertz CT molecular complexity index is 829. The van der Waals surface area contributed by atoms with Crippen LogP contribution in [0.3, 0.4) is 0 Å². The lowest BCUT2D eigenvalue weighted by Crippen LogP contribution is -2.35. The number of benzene rings is 1. The minimum absolute atomic E-state index is 0.0100. The molecule has 0 aliphatic carbocycles. The number of hydrogen-bond acceptors (Lipinski definition) is 5. The second kappa shape index (κ2) is 9.90. The van der Waals surface area contributed by atoms with Gasteiger partial charge in [-0.25, -0.2) is 4.98 Å². The number of carbonyl (C=O) groups excluding carboxylic acids is 1. The van der Waals surface area contributed by atoms with E-state index >= 15 is 0 Å². The first-order chi connectivity index (χ1) is 13.2. The average molecular weight is 390 g/mol. The normalized spacial score (nSPS) is 15.5. The van der Waals surface area contributed by atoms with Crippen LogP contribution in [0, 0.1) is 0 Å². The van der Waals surface area contributed by atoms with E-state index in [1.807, 2.05) is 23.1 Å². The Morgan fingerprint density at radius 3 is 2.56 bits per heavy atom. The molecule has 27 heavy (non-hydrogen) atoms. The molecule has 0 saturated carbocycles. The maximum atomic E-state index is 12.8. The number of rotatable bonds is 6. The van der Waals surface area contributed by atoms with Crippen molar-refractivity contribution in [2.75, 3.05) is 25.4 Å². The van der Waals surface area contributed by atoms with Crippen molar-refractivity contribution in [1.82, 2.24) is 14.5 Å². The fourth-order valence-corrected chi connectivity index (χ4v) is 4.33. The molecule has 0 atom stereocenters. The first-order valence-electron chi connectivity index (χ1n) is 9.71. The molecule has 0 bridgehead atoms. The molecule has 1 aromatic heterocycles. The molecule has 1 aromatic carbocycles. The number of thioether (sulfide) groups is 1. The third-order valence-corrected chi connectivity index (χ3v) is 5.86. The van der Waals surface area contributed by atoms with E-state index in [4.69, 9.17) is 5.11 Å². The molecule has 1 N–H and O–H groups in total. The lowest BCUT2D eigenvalue weighted by atomic mass is 10.1. The Morgan fingerprint density at radius 1 is 1.11 bits per heavy atom. The molecule has 6 nitrogen and oxygen atoms in total. The molecule has 1 fully saturated rings. The molecule has 146 valence electrons. The maximum Gasteiger partial charge on any atom is 0.262 e. The van der Waals surface area contributed by atoms with E-state index in [1.165, 1.54) is 31.0 Å². The summed E-state index contributed by atoms with van der Waals surface area (Å²) in [4.78, 5) is 32.0. The summed E-state index contributed by atoms with van der Waals surface area (Å²) in [6, 6.07) is 7.25. The monoisotopic (exact) mass is 389 g/mol. The van der Waals surface area contributed by atoms with Crippen LogP contribution in [0.25, 0.3) is 10.9 Å². The van der Waals surface area contributed by atoms with Gasteiger partial charge in [-0.05, 0) is 31.4 Å². The van der Waals surface area contributed by atoms with Crippen LogP contribution in [0.15, 0.2) is 34.2 Å². The van der Waals surface area contributed by atoms with Gasteiger partial charge in [0.1, 0.15) is 0 Å². The van der Waals surface area contributed by atoms with Gasteiger partial charge in [-0.2, -0.15) is 0 Å². The summed E-state index contributed by atoms with van der Waals surface area (Å²) >= 11 is 1.32. The van der Waals surface area contributed by atoms with Gasteiger partial charge in [0.15, 0.2) is 5.16 Å². The maximum absolute atomic E-state index is 12.8. The van der Waals surface area contributed by atoms with Gasteiger partial charge in [0.2, 0.25) is 5.91 Å². The number of para-hydroxylation sites is 1. The van der Waals surface area contributed by atoms with Crippen LogP contribution in [0.5, 0.6) is 0 Å². The first kappa shape index (κ1) is 19.9. The summed E-state index contributed by atoms with van der Waals surface area (Å²) < 4.78 is 1.59. The number of aliphatic hydroxyl groups is 1. The van der Waals surface area contributed by atoms with Crippen molar-refractivity contribution < 1.29 is 9.90 Å². The second-order valence-corrected chi connectivity index (χ2v) is 7.83.